The molecule has 0 saturated carbocycles. The van der Waals surface area contributed by atoms with E-state index in [2.05, 4.69) is 25.5 Å². The molecule has 2 aromatic carbocycles. The maximum atomic E-state index is 11.0. The second-order valence-corrected chi connectivity index (χ2v) is 6.16. The van der Waals surface area contributed by atoms with Crippen molar-refractivity contribution in [2.45, 2.75) is 13.5 Å². The van der Waals surface area contributed by atoms with Gasteiger partial charge in [0.05, 0.1) is 11.4 Å². The Morgan fingerprint density at radius 3 is 2.25 bits per heavy atom. The Balaban J connectivity index is 1.57. The average molecular weight is 397 g/mol. The molecule has 3 aromatic rings. The summed E-state index contributed by atoms with van der Waals surface area (Å²) in [4.78, 5) is 18.7. The van der Waals surface area contributed by atoms with E-state index in [4.69, 9.17) is 22.1 Å². The number of nitrogens with two attached hydrogens (primary N) is 1. The normalized spacial score (nSPS) is 10.8. The molecule has 0 saturated heterocycles. The number of aromatic nitrogens is 2. The van der Waals surface area contributed by atoms with Crippen molar-refractivity contribution in [1.82, 2.24) is 9.97 Å². The minimum absolute atomic E-state index is 0.0587. The van der Waals surface area contributed by atoms with E-state index >= 15 is 0 Å². The lowest BCUT2D eigenvalue weighted by Gasteiger charge is -2.06. The summed E-state index contributed by atoms with van der Waals surface area (Å²) in [6.45, 7) is 1.76. The van der Waals surface area contributed by atoms with Gasteiger partial charge in [-0.1, -0.05) is 23.7 Å². The zero-order valence-corrected chi connectivity index (χ0v) is 15.7. The Labute approximate surface area is 166 Å². The topological polar surface area (TPSA) is 115 Å². The predicted octanol–water partition coefficient (Wildman–Crippen LogP) is 4.67. The third kappa shape index (κ3) is 5.75. The number of carbonyl (C=O) groups is 1. The van der Waals surface area contributed by atoms with Crippen molar-refractivity contribution < 1.29 is 9.53 Å². The van der Waals surface area contributed by atoms with Crippen LogP contribution >= 0.6 is 11.6 Å². The number of anilines is 2. The van der Waals surface area contributed by atoms with Crippen molar-refractivity contribution in [1.29, 1.82) is 0 Å². The fraction of sp³-hybridized carbons (Fsp3) is 0.105. The van der Waals surface area contributed by atoms with E-state index in [0.717, 1.165) is 5.56 Å². The number of rotatable bonds is 6. The average Bonchev–Trinajstić information content (AvgIpc) is 2.65. The monoisotopic (exact) mass is 396 g/mol. The van der Waals surface area contributed by atoms with Gasteiger partial charge in [-0.05, 0) is 42.0 Å². The Morgan fingerprint density at radius 2 is 1.68 bits per heavy atom. The van der Waals surface area contributed by atoms with E-state index < -0.39 is 0 Å². The summed E-state index contributed by atoms with van der Waals surface area (Å²) in [5.41, 5.74) is 8.54. The van der Waals surface area contributed by atoms with Crippen LogP contribution < -0.4 is 15.8 Å². The van der Waals surface area contributed by atoms with Gasteiger partial charge in [-0.25, -0.2) is 4.98 Å². The molecule has 0 radical (unpaired) electrons. The second kappa shape index (κ2) is 8.92. The first kappa shape index (κ1) is 19.2. The van der Waals surface area contributed by atoms with Gasteiger partial charge in [-0.2, -0.15) is 15.2 Å². The van der Waals surface area contributed by atoms with Gasteiger partial charge in [0.25, 0.3) is 0 Å². The van der Waals surface area contributed by atoms with Crippen LogP contribution in [-0.2, 0) is 11.4 Å². The first-order valence-corrected chi connectivity index (χ1v) is 8.67. The van der Waals surface area contributed by atoms with Crippen LogP contribution in [0, 0.1) is 0 Å². The van der Waals surface area contributed by atoms with Gasteiger partial charge in [-0.3, -0.25) is 4.79 Å². The molecule has 0 atom stereocenters. The van der Waals surface area contributed by atoms with E-state index in [-0.39, 0.29) is 17.0 Å². The van der Waals surface area contributed by atoms with Gasteiger partial charge in [-0.15, -0.1) is 0 Å². The summed E-state index contributed by atoms with van der Waals surface area (Å²) in [5, 5.41) is 11.3. The highest BCUT2D eigenvalue weighted by molar-refractivity contribution is 6.29. The lowest BCUT2D eigenvalue weighted by atomic mass is 10.2. The van der Waals surface area contributed by atoms with Crippen LogP contribution in [0.4, 0.5) is 23.0 Å². The van der Waals surface area contributed by atoms with Crippen molar-refractivity contribution in [2.24, 2.45) is 10.2 Å². The Hall–Kier alpha value is -3.52. The molecule has 0 aliphatic carbocycles. The summed E-state index contributed by atoms with van der Waals surface area (Å²) >= 11 is 5.82. The van der Waals surface area contributed by atoms with Crippen LogP contribution in [0.1, 0.15) is 12.5 Å². The molecule has 28 heavy (non-hydrogen) atoms. The van der Waals surface area contributed by atoms with Crippen LogP contribution in [0.2, 0.25) is 5.15 Å². The fourth-order valence-electron chi connectivity index (χ4n) is 2.23. The molecule has 1 heterocycles. The number of nitrogens with zero attached hydrogens (tertiary/aromatic N) is 4. The first-order chi connectivity index (χ1) is 13.5. The number of ether oxygens (including phenoxy) is 1. The van der Waals surface area contributed by atoms with Gasteiger partial charge >= 0.3 is 0 Å². The standard InChI is InChI=1S/C19H17ClN6O2/c1-12(27)22-14-6-8-16(9-7-14)26-25-15-4-2-13(3-5-15)11-28-18-10-17(20)23-19(21)24-18/h2-10H,11H2,1H3,(H,22,27)(H2,21,23,24). The van der Waals surface area contributed by atoms with Crippen molar-refractivity contribution >= 4 is 40.5 Å². The number of hydrogen-bond acceptors (Lipinski definition) is 7. The van der Waals surface area contributed by atoms with Gasteiger partial charge < -0.3 is 15.8 Å². The maximum absolute atomic E-state index is 11.0. The number of benzene rings is 2. The highest BCUT2D eigenvalue weighted by atomic mass is 35.5. The van der Waals surface area contributed by atoms with Crippen molar-refractivity contribution in [3.63, 3.8) is 0 Å². The largest absolute Gasteiger partial charge is 0.473 e. The predicted molar refractivity (Wildman–Crippen MR) is 107 cm³/mol. The summed E-state index contributed by atoms with van der Waals surface area (Å²) in [6, 6.07) is 16.0. The van der Waals surface area contributed by atoms with Crippen molar-refractivity contribution in [3.05, 3.63) is 65.3 Å². The molecule has 1 aromatic heterocycles. The van der Waals surface area contributed by atoms with E-state index in [0.29, 0.717) is 29.5 Å². The fourth-order valence-corrected chi connectivity index (χ4v) is 2.41. The number of nitrogen functional groups attached to an aromatic ring is 1. The van der Waals surface area contributed by atoms with Crippen molar-refractivity contribution in [2.75, 3.05) is 11.1 Å². The van der Waals surface area contributed by atoms with Crippen LogP contribution in [0.5, 0.6) is 5.88 Å². The molecule has 0 spiro atoms. The Morgan fingerprint density at radius 1 is 1.07 bits per heavy atom. The molecule has 0 bridgehead atoms. The Kier molecular flexibility index (Phi) is 6.13. The highest BCUT2D eigenvalue weighted by Crippen LogP contribution is 2.21. The molecule has 1 amide bonds. The number of carbonyl (C=O) groups excluding carboxylic acids is 1. The third-order valence-corrected chi connectivity index (χ3v) is 3.67. The molecular formula is C19H17ClN6O2. The molecule has 0 unspecified atom stereocenters. The summed E-state index contributed by atoms with van der Waals surface area (Å²) in [6.07, 6.45) is 0. The Bertz CT molecular complexity index is 970. The molecule has 0 aliphatic heterocycles. The van der Waals surface area contributed by atoms with Gasteiger partial charge in [0.15, 0.2) is 0 Å². The number of nitrogens with one attached hydrogen (secondary N) is 1. The molecular weight excluding hydrogens is 380 g/mol. The molecule has 142 valence electrons. The summed E-state index contributed by atoms with van der Waals surface area (Å²) in [5.74, 6) is 0.247. The summed E-state index contributed by atoms with van der Waals surface area (Å²) in [7, 11) is 0. The van der Waals surface area contributed by atoms with Crippen LogP contribution in [0.3, 0.4) is 0 Å². The minimum atomic E-state index is -0.121. The van der Waals surface area contributed by atoms with Gasteiger partial charge in [0.2, 0.25) is 17.7 Å². The zero-order chi connectivity index (χ0) is 19.9. The van der Waals surface area contributed by atoms with Crippen LogP contribution in [0.15, 0.2) is 64.8 Å². The third-order valence-electron chi connectivity index (χ3n) is 3.48. The number of azo groups is 1. The van der Waals surface area contributed by atoms with Gasteiger partial charge in [0, 0.05) is 18.7 Å². The highest BCUT2D eigenvalue weighted by Gasteiger charge is 2.03. The molecule has 3 rings (SSSR count). The first-order valence-electron chi connectivity index (χ1n) is 8.29. The smallest absolute Gasteiger partial charge is 0.224 e. The minimum Gasteiger partial charge on any atom is -0.473 e. The molecule has 3 N–H and O–H groups in total. The SMILES string of the molecule is CC(=O)Nc1ccc(N=Nc2ccc(COc3cc(Cl)nc(N)n3)cc2)cc1. The quantitative estimate of drug-likeness (QED) is 0.464. The van der Waals surface area contributed by atoms with E-state index in [1.165, 1.54) is 13.0 Å². The molecule has 0 aliphatic rings. The molecule has 8 nitrogen and oxygen atoms in total. The molecule has 9 heteroatoms. The van der Waals surface area contributed by atoms with E-state index in [1.807, 2.05) is 24.3 Å². The second-order valence-electron chi connectivity index (χ2n) is 5.77. The van der Waals surface area contributed by atoms with E-state index in [1.54, 1.807) is 24.3 Å². The maximum Gasteiger partial charge on any atom is 0.224 e. The number of halogens is 1. The zero-order valence-electron chi connectivity index (χ0n) is 15.0. The van der Waals surface area contributed by atoms with Crippen molar-refractivity contribution in [3.8, 4) is 5.88 Å². The van der Waals surface area contributed by atoms with Gasteiger partial charge in [0.1, 0.15) is 11.8 Å². The lowest BCUT2D eigenvalue weighted by molar-refractivity contribution is -0.114. The molecule has 0 fully saturated rings. The number of amides is 1. The number of hydrogen-bond donors (Lipinski definition) is 2. The summed E-state index contributed by atoms with van der Waals surface area (Å²) < 4.78 is 5.56. The van der Waals surface area contributed by atoms with Crippen LogP contribution in [-0.4, -0.2) is 15.9 Å². The van der Waals surface area contributed by atoms with Crippen LogP contribution in [0.25, 0.3) is 0 Å². The van der Waals surface area contributed by atoms with E-state index in [9.17, 15) is 4.79 Å². The lowest BCUT2D eigenvalue weighted by Crippen LogP contribution is -2.04.